The second-order valence-electron chi connectivity index (χ2n) is 8.90. The first-order valence-electron chi connectivity index (χ1n) is 10.3. The first kappa shape index (κ1) is 22.5. The van der Waals surface area contributed by atoms with Crippen molar-refractivity contribution in [2.24, 2.45) is 0 Å². The number of fused-ring (bicyclic) bond motifs is 1. The minimum Gasteiger partial charge on any atom is -0.426 e. The van der Waals surface area contributed by atoms with Gasteiger partial charge in [0.25, 0.3) is 0 Å². The summed E-state index contributed by atoms with van der Waals surface area (Å²) in [6, 6.07) is 10.9. The maximum absolute atomic E-state index is 13.0. The molecule has 3 rings (SSSR count). The van der Waals surface area contributed by atoms with E-state index in [1.165, 1.54) is 13.0 Å². The van der Waals surface area contributed by atoms with Crippen molar-refractivity contribution in [1.82, 2.24) is 0 Å². The molecule has 0 N–H and O–H groups in total. The minimum absolute atomic E-state index is 0.0492. The molecule has 0 amide bonds. The summed E-state index contributed by atoms with van der Waals surface area (Å²) in [7, 11) is 0. The average Bonchev–Trinajstić information content (AvgIpc) is 2.58. The van der Waals surface area contributed by atoms with E-state index >= 15 is 0 Å². The maximum atomic E-state index is 13.0. The molecule has 0 aliphatic heterocycles. The van der Waals surface area contributed by atoms with Gasteiger partial charge < -0.3 is 9.15 Å². The lowest BCUT2D eigenvalue weighted by molar-refractivity contribution is -0.131. The summed E-state index contributed by atoms with van der Waals surface area (Å²) < 4.78 is 10.8. The van der Waals surface area contributed by atoms with Crippen LogP contribution in [-0.4, -0.2) is 11.8 Å². The van der Waals surface area contributed by atoms with Gasteiger partial charge in [0, 0.05) is 42.2 Å². The number of hydrogen-bond acceptors (Lipinski definition) is 5. The molecule has 5 heteroatoms. The van der Waals surface area contributed by atoms with Crippen LogP contribution in [-0.2, 0) is 21.4 Å². The number of ketones is 1. The lowest BCUT2D eigenvalue weighted by Gasteiger charge is -2.29. The van der Waals surface area contributed by atoms with E-state index in [0.29, 0.717) is 11.3 Å². The molecular weight excluding hydrogens is 392 g/mol. The summed E-state index contributed by atoms with van der Waals surface area (Å²) >= 11 is 0. The lowest BCUT2D eigenvalue weighted by Crippen LogP contribution is -2.25. The van der Waals surface area contributed by atoms with Crippen molar-refractivity contribution >= 4 is 22.7 Å². The fourth-order valence-electron chi connectivity index (χ4n) is 4.38. The Morgan fingerprint density at radius 2 is 1.71 bits per heavy atom. The Morgan fingerprint density at radius 1 is 1.00 bits per heavy atom. The number of carbonyl (C=O) groups excluding carboxylic acids is 2. The number of benzene rings is 2. The summed E-state index contributed by atoms with van der Waals surface area (Å²) in [6.07, 6.45) is 0.506. The number of aryl methyl sites for hydroxylation is 3. The predicted octanol–water partition coefficient (Wildman–Crippen LogP) is 5.12. The molecule has 162 valence electrons. The van der Waals surface area contributed by atoms with Crippen LogP contribution in [0.5, 0.6) is 5.75 Å². The van der Waals surface area contributed by atoms with Crippen LogP contribution in [0.3, 0.4) is 0 Å². The van der Waals surface area contributed by atoms with Gasteiger partial charge in [-0.05, 0) is 55.2 Å². The van der Waals surface area contributed by atoms with Crippen molar-refractivity contribution in [2.45, 2.75) is 59.8 Å². The third-order valence-electron chi connectivity index (χ3n) is 5.43. The lowest BCUT2D eigenvalue weighted by atomic mass is 9.76. The molecule has 2 aromatic carbocycles. The number of rotatable bonds is 6. The number of hydrogen-bond donors (Lipinski definition) is 0. The van der Waals surface area contributed by atoms with Crippen LogP contribution in [0.4, 0.5) is 0 Å². The molecule has 0 unspecified atom stereocenters. The van der Waals surface area contributed by atoms with Gasteiger partial charge in [-0.1, -0.05) is 32.0 Å². The molecule has 0 saturated heterocycles. The van der Waals surface area contributed by atoms with Gasteiger partial charge in [-0.2, -0.15) is 0 Å². The van der Waals surface area contributed by atoms with Crippen LogP contribution in [0.25, 0.3) is 11.0 Å². The minimum atomic E-state index is -0.528. The van der Waals surface area contributed by atoms with Crippen molar-refractivity contribution in [2.75, 3.05) is 0 Å². The third kappa shape index (κ3) is 5.10. The van der Waals surface area contributed by atoms with E-state index in [-0.39, 0.29) is 24.6 Å². The van der Waals surface area contributed by atoms with Gasteiger partial charge in [0.05, 0.1) is 0 Å². The fourth-order valence-corrected chi connectivity index (χ4v) is 4.38. The summed E-state index contributed by atoms with van der Waals surface area (Å²) in [5.41, 5.74) is 4.04. The molecule has 5 nitrogen and oxygen atoms in total. The van der Waals surface area contributed by atoms with Crippen molar-refractivity contribution in [3.8, 4) is 5.75 Å². The van der Waals surface area contributed by atoms with E-state index in [1.807, 2.05) is 58.9 Å². The van der Waals surface area contributed by atoms with E-state index in [9.17, 15) is 14.4 Å². The summed E-state index contributed by atoms with van der Waals surface area (Å²) in [5, 5.41) is 0.859. The van der Waals surface area contributed by atoms with Gasteiger partial charge in [0.2, 0.25) is 0 Å². The molecule has 0 fully saturated rings. The molecule has 1 aromatic heterocycles. The molecular formula is C26H28O5. The van der Waals surface area contributed by atoms with Gasteiger partial charge in [-0.25, -0.2) is 4.79 Å². The SMILES string of the molecule is CC(=O)Oc1cc(C)cc(C)c1C(C)(C)CC(=O)Cc1ccc2c(C)cc(=O)oc2c1. The van der Waals surface area contributed by atoms with Crippen molar-refractivity contribution < 1.29 is 18.7 Å². The Balaban J connectivity index is 1.87. The molecule has 3 aromatic rings. The largest absolute Gasteiger partial charge is 0.426 e. The Kier molecular flexibility index (Phi) is 6.16. The normalized spacial score (nSPS) is 11.5. The van der Waals surface area contributed by atoms with E-state index in [2.05, 4.69) is 0 Å². The molecule has 0 atom stereocenters. The highest BCUT2D eigenvalue weighted by molar-refractivity contribution is 5.85. The average molecular weight is 421 g/mol. The second kappa shape index (κ2) is 8.50. The standard InChI is InChI=1S/C26H28O5/c1-15-9-17(3)25(23(10-15)30-18(4)27)26(5,6)14-20(28)12-19-7-8-21-16(2)11-24(29)31-22(21)13-19/h7-11,13H,12,14H2,1-6H3. The van der Waals surface area contributed by atoms with Gasteiger partial charge in [-0.3, -0.25) is 9.59 Å². The number of ether oxygens (including phenoxy) is 1. The van der Waals surface area contributed by atoms with E-state index in [0.717, 1.165) is 33.2 Å². The van der Waals surface area contributed by atoms with Crippen LogP contribution >= 0.6 is 0 Å². The smallest absolute Gasteiger partial charge is 0.336 e. The number of Topliss-reactive ketones (excluding diaryl/α,β-unsaturated/α-hetero) is 1. The number of carbonyl (C=O) groups is 2. The van der Waals surface area contributed by atoms with Gasteiger partial charge in [0.15, 0.2) is 0 Å². The van der Waals surface area contributed by atoms with Crippen LogP contribution in [0.1, 0.15) is 55.0 Å². The second-order valence-corrected chi connectivity index (χ2v) is 8.90. The van der Waals surface area contributed by atoms with Crippen molar-refractivity contribution in [1.29, 1.82) is 0 Å². The Morgan fingerprint density at radius 3 is 2.39 bits per heavy atom. The molecule has 0 bridgehead atoms. The summed E-state index contributed by atoms with van der Waals surface area (Å²) in [4.78, 5) is 36.3. The zero-order valence-corrected chi connectivity index (χ0v) is 18.9. The Hall–Kier alpha value is -3.21. The Bertz CT molecular complexity index is 1230. The Labute approximate surface area is 182 Å². The van der Waals surface area contributed by atoms with Gasteiger partial charge in [-0.15, -0.1) is 0 Å². The first-order valence-corrected chi connectivity index (χ1v) is 10.3. The maximum Gasteiger partial charge on any atom is 0.336 e. The fraction of sp³-hybridized carbons (Fsp3) is 0.346. The van der Waals surface area contributed by atoms with E-state index in [1.54, 1.807) is 6.07 Å². The zero-order valence-electron chi connectivity index (χ0n) is 18.9. The van der Waals surface area contributed by atoms with Crippen LogP contribution in [0, 0.1) is 20.8 Å². The van der Waals surface area contributed by atoms with Crippen LogP contribution in [0.15, 0.2) is 45.6 Å². The van der Waals surface area contributed by atoms with Crippen molar-refractivity contribution in [3.63, 3.8) is 0 Å². The zero-order chi connectivity index (χ0) is 22.9. The monoisotopic (exact) mass is 420 g/mol. The summed E-state index contributed by atoms with van der Waals surface area (Å²) in [5.74, 6) is 0.167. The van der Waals surface area contributed by atoms with Gasteiger partial charge >= 0.3 is 11.6 Å². The molecule has 0 radical (unpaired) electrons. The highest BCUT2D eigenvalue weighted by atomic mass is 16.5. The molecule has 0 saturated carbocycles. The molecule has 1 heterocycles. The molecule has 0 aliphatic rings. The topological polar surface area (TPSA) is 73.6 Å². The van der Waals surface area contributed by atoms with E-state index in [4.69, 9.17) is 9.15 Å². The van der Waals surface area contributed by atoms with Crippen molar-refractivity contribution in [3.05, 3.63) is 74.6 Å². The van der Waals surface area contributed by atoms with Crippen LogP contribution < -0.4 is 10.4 Å². The molecule has 0 aliphatic carbocycles. The quantitative estimate of drug-likeness (QED) is 0.314. The van der Waals surface area contributed by atoms with E-state index < -0.39 is 11.0 Å². The number of esters is 1. The molecule has 0 spiro atoms. The highest BCUT2D eigenvalue weighted by Crippen LogP contribution is 2.38. The third-order valence-corrected chi connectivity index (χ3v) is 5.43. The van der Waals surface area contributed by atoms with Crippen LogP contribution in [0.2, 0.25) is 0 Å². The predicted molar refractivity (Wildman–Crippen MR) is 121 cm³/mol. The first-order chi connectivity index (χ1) is 14.5. The molecule has 31 heavy (non-hydrogen) atoms. The van der Waals surface area contributed by atoms with Gasteiger partial charge in [0.1, 0.15) is 17.1 Å². The highest BCUT2D eigenvalue weighted by Gasteiger charge is 2.30. The summed E-state index contributed by atoms with van der Waals surface area (Å²) in [6.45, 7) is 11.1.